The molecule has 0 bridgehead atoms. The zero-order chi connectivity index (χ0) is 10.0. The molecule has 2 aromatic heterocycles. The second-order valence-electron chi connectivity index (χ2n) is 4.22. The van der Waals surface area contributed by atoms with Gasteiger partial charge in [-0.1, -0.05) is 19.9 Å². The molecule has 0 saturated carbocycles. The van der Waals surface area contributed by atoms with E-state index in [2.05, 4.69) is 60.5 Å². The van der Waals surface area contributed by atoms with Crippen molar-refractivity contribution in [3.05, 3.63) is 46.9 Å². The molecule has 0 aliphatic carbocycles. The Morgan fingerprint density at radius 3 is 2.50 bits per heavy atom. The van der Waals surface area contributed by atoms with Gasteiger partial charge in [-0.05, 0) is 23.6 Å². The van der Waals surface area contributed by atoms with Crippen molar-refractivity contribution in [1.82, 2.24) is 4.57 Å². The van der Waals surface area contributed by atoms with E-state index < -0.39 is 0 Å². The Kier molecular flexibility index (Phi) is 2.46. The van der Waals surface area contributed by atoms with Gasteiger partial charge in [0.05, 0.1) is 0 Å². The predicted molar refractivity (Wildman–Crippen MR) is 61.8 cm³/mol. The van der Waals surface area contributed by atoms with Gasteiger partial charge >= 0.3 is 0 Å². The van der Waals surface area contributed by atoms with Gasteiger partial charge in [0.15, 0.2) is 0 Å². The van der Waals surface area contributed by atoms with Crippen LogP contribution in [0.25, 0.3) is 0 Å². The number of aromatic nitrogens is 1. The first-order chi connectivity index (χ1) is 6.68. The average molecular weight is 205 g/mol. The fraction of sp³-hybridized carbons (Fsp3) is 0.333. The van der Waals surface area contributed by atoms with Crippen LogP contribution in [0.1, 0.15) is 18.7 Å². The van der Waals surface area contributed by atoms with E-state index in [4.69, 9.17) is 0 Å². The van der Waals surface area contributed by atoms with E-state index in [1.54, 1.807) is 0 Å². The minimum absolute atomic E-state index is 0.229. The Balaban J connectivity index is 2.17. The Morgan fingerprint density at radius 2 is 1.93 bits per heavy atom. The van der Waals surface area contributed by atoms with E-state index in [1.807, 2.05) is 11.3 Å². The summed E-state index contributed by atoms with van der Waals surface area (Å²) in [5.74, 6) is 0. The maximum atomic E-state index is 2.29. The highest BCUT2D eigenvalue weighted by Gasteiger charge is 2.21. The van der Waals surface area contributed by atoms with Gasteiger partial charge in [-0.15, -0.1) is 11.3 Å². The van der Waals surface area contributed by atoms with Gasteiger partial charge in [0, 0.05) is 29.2 Å². The topological polar surface area (TPSA) is 4.93 Å². The molecule has 0 aliphatic rings. The van der Waals surface area contributed by atoms with Crippen LogP contribution in [-0.4, -0.2) is 4.57 Å². The summed E-state index contributed by atoms with van der Waals surface area (Å²) in [7, 11) is 0. The first-order valence-corrected chi connectivity index (χ1v) is 5.71. The van der Waals surface area contributed by atoms with Crippen LogP contribution in [0.5, 0.6) is 0 Å². The summed E-state index contributed by atoms with van der Waals surface area (Å²) in [5.41, 5.74) is 0.229. The van der Waals surface area contributed by atoms with Gasteiger partial charge in [-0.3, -0.25) is 0 Å². The highest BCUT2D eigenvalue weighted by Crippen LogP contribution is 2.28. The summed E-state index contributed by atoms with van der Waals surface area (Å²) in [6, 6.07) is 8.49. The molecule has 0 atom stereocenters. The fourth-order valence-corrected chi connectivity index (χ4v) is 2.52. The van der Waals surface area contributed by atoms with Crippen molar-refractivity contribution in [3.8, 4) is 0 Å². The molecule has 0 unspecified atom stereocenters. The second kappa shape index (κ2) is 3.62. The van der Waals surface area contributed by atoms with Crippen molar-refractivity contribution in [3.63, 3.8) is 0 Å². The molecule has 0 aliphatic heterocycles. The van der Waals surface area contributed by atoms with Crippen LogP contribution < -0.4 is 0 Å². The third-order valence-electron chi connectivity index (χ3n) is 2.43. The van der Waals surface area contributed by atoms with Crippen molar-refractivity contribution in [2.45, 2.75) is 25.8 Å². The lowest BCUT2D eigenvalue weighted by molar-refractivity contribution is 0.444. The quantitative estimate of drug-likeness (QED) is 0.722. The van der Waals surface area contributed by atoms with Crippen LogP contribution >= 0.6 is 11.3 Å². The molecule has 0 aromatic carbocycles. The molecule has 0 radical (unpaired) electrons. The lowest BCUT2D eigenvalue weighted by Crippen LogP contribution is -2.22. The fourth-order valence-electron chi connectivity index (χ4n) is 1.67. The predicted octanol–water partition coefficient (Wildman–Crippen LogP) is 3.53. The van der Waals surface area contributed by atoms with Crippen LogP contribution in [0.2, 0.25) is 0 Å². The lowest BCUT2D eigenvalue weighted by atomic mass is 9.91. The largest absolute Gasteiger partial charge is 0.353 e. The van der Waals surface area contributed by atoms with E-state index >= 15 is 0 Å². The van der Waals surface area contributed by atoms with E-state index in [9.17, 15) is 0 Å². The third kappa shape index (κ3) is 1.90. The maximum absolute atomic E-state index is 2.29. The van der Waals surface area contributed by atoms with Gasteiger partial charge in [-0.2, -0.15) is 0 Å². The minimum Gasteiger partial charge on any atom is -0.353 e. The molecular weight excluding hydrogens is 190 g/mol. The molecule has 1 nitrogen and oxygen atoms in total. The highest BCUT2D eigenvalue weighted by molar-refractivity contribution is 7.10. The SMILES string of the molecule is CC(C)(Cn1cccc1)c1cccs1. The minimum atomic E-state index is 0.229. The van der Waals surface area contributed by atoms with Crippen LogP contribution in [0, 0.1) is 0 Å². The van der Waals surface area contributed by atoms with Gasteiger partial charge < -0.3 is 4.57 Å². The van der Waals surface area contributed by atoms with Gasteiger partial charge in [-0.25, -0.2) is 0 Å². The Labute approximate surface area is 89.0 Å². The molecule has 2 rings (SSSR count). The Bertz CT molecular complexity index is 370. The number of hydrogen-bond donors (Lipinski definition) is 0. The van der Waals surface area contributed by atoms with E-state index in [1.165, 1.54) is 4.88 Å². The summed E-state index contributed by atoms with van der Waals surface area (Å²) >= 11 is 1.84. The van der Waals surface area contributed by atoms with Crippen molar-refractivity contribution >= 4 is 11.3 Å². The van der Waals surface area contributed by atoms with Crippen molar-refractivity contribution in [1.29, 1.82) is 0 Å². The number of rotatable bonds is 3. The first kappa shape index (κ1) is 9.53. The number of hydrogen-bond acceptors (Lipinski definition) is 1. The molecule has 0 fully saturated rings. The maximum Gasteiger partial charge on any atom is 0.0319 e. The summed E-state index contributed by atoms with van der Waals surface area (Å²) in [5, 5.41) is 2.15. The zero-order valence-corrected chi connectivity index (χ0v) is 9.42. The van der Waals surface area contributed by atoms with E-state index in [0.29, 0.717) is 0 Å². The van der Waals surface area contributed by atoms with Gasteiger partial charge in [0.2, 0.25) is 0 Å². The smallest absolute Gasteiger partial charge is 0.0319 e. The first-order valence-electron chi connectivity index (χ1n) is 4.83. The Hall–Kier alpha value is -1.02. The normalized spacial score (nSPS) is 11.9. The molecule has 0 N–H and O–H groups in total. The zero-order valence-electron chi connectivity index (χ0n) is 8.60. The Morgan fingerprint density at radius 1 is 1.21 bits per heavy atom. The van der Waals surface area contributed by atoms with Gasteiger partial charge in [0.25, 0.3) is 0 Å². The van der Waals surface area contributed by atoms with Crippen molar-refractivity contribution < 1.29 is 0 Å². The van der Waals surface area contributed by atoms with Crippen LogP contribution in [0.15, 0.2) is 42.0 Å². The average Bonchev–Trinajstić information content (AvgIpc) is 2.71. The van der Waals surface area contributed by atoms with Crippen LogP contribution in [0.3, 0.4) is 0 Å². The molecule has 2 aromatic rings. The number of thiophene rings is 1. The summed E-state index contributed by atoms with van der Waals surface area (Å²) in [6.45, 7) is 5.62. The number of nitrogens with zero attached hydrogens (tertiary/aromatic N) is 1. The molecule has 14 heavy (non-hydrogen) atoms. The molecule has 0 amide bonds. The summed E-state index contributed by atoms with van der Waals surface area (Å²) < 4.78 is 2.24. The molecular formula is C12H15NS. The second-order valence-corrected chi connectivity index (χ2v) is 5.16. The molecule has 74 valence electrons. The third-order valence-corrected chi connectivity index (χ3v) is 3.67. The molecule has 2 heterocycles. The standard InChI is InChI=1S/C12H15NS/c1-12(2,11-6-5-9-14-11)10-13-7-3-4-8-13/h3-9H,10H2,1-2H3. The van der Waals surface area contributed by atoms with Crippen LogP contribution in [0.4, 0.5) is 0 Å². The van der Waals surface area contributed by atoms with Crippen LogP contribution in [-0.2, 0) is 12.0 Å². The van der Waals surface area contributed by atoms with Crippen molar-refractivity contribution in [2.75, 3.05) is 0 Å². The highest BCUT2D eigenvalue weighted by atomic mass is 32.1. The molecule has 0 saturated heterocycles. The summed E-state index contributed by atoms with van der Waals surface area (Å²) in [4.78, 5) is 1.45. The molecule has 0 spiro atoms. The van der Waals surface area contributed by atoms with Crippen molar-refractivity contribution in [2.24, 2.45) is 0 Å². The lowest BCUT2D eigenvalue weighted by Gasteiger charge is -2.23. The van der Waals surface area contributed by atoms with Gasteiger partial charge in [0.1, 0.15) is 0 Å². The molecule has 2 heteroatoms. The van der Waals surface area contributed by atoms with E-state index in [-0.39, 0.29) is 5.41 Å². The summed E-state index contributed by atoms with van der Waals surface area (Å²) in [6.07, 6.45) is 4.24. The van der Waals surface area contributed by atoms with E-state index in [0.717, 1.165) is 6.54 Å². The monoisotopic (exact) mass is 205 g/mol.